The molecule has 4 bridgehead atoms. The molecule has 0 saturated heterocycles. The molecule has 3 heteroatoms. The van der Waals surface area contributed by atoms with E-state index in [-0.39, 0.29) is 17.4 Å². The van der Waals surface area contributed by atoms with E-state index >= 15 is 0 Å². The average Bonchev–Trinajstić information content (AvgIpc) is 2.34. The molecule has 4 rings (SSSR count). The topological polar surface area (TPSA) is 49.3 Å². The quantitative estimate of drug-likeness (QED) is 0.813. The largest absolute Gasteiger partial charge is 0.396 e. The number of hydrogen-bond acceptors (Lipinski definition) is 2. The second-order valence-electron chi connectivity index (χ2n) is 8.52. The molecule has 0 radical (unpaired) electrons. The minimum Gasteiger partial charge on any atom is -0.396 e. The smallest absolute Gasteiger partial charge is 0.226 e. The van der Waals surface area contributed by atoms with Crippen LogP contribution in [0.25, 0.3) is 0 Å². The summed E-state index contributed by atoms with van der Waals surface area (Å²) in [6.07, 6.45) is 8.27. The Hall–Kier alpha value is -0.570. The molecule has 0 aromatic heterocycles. The van der Waals surface area contributed by atoms with Crippen LogP contribution in [0.4, 0.5) is 0 Å². The van der Waals surface area contributed by atoms with Crippen LogP contribution in [0.3, 0.4) is 0 Å². The molecular formula is C17H29NO2. The Morgan fingerprint density at radius 3 is 2.10 bits per heavy atom. The van der Waals surface area contributed by atoms with E-state index in [0.717, 1.165) is 43.4 Å². The first kappa shape index (κ1) is 14.4. The number of nitrogens with one attached hydrogen (secondary N) is 1. The van der Waals surface area contributed by atoms with Crippen molar-refractivity contribution in [2.75, 3.05) is 13.2 Å². The highest BCUT2D eigenvalue weighted by atomic mass is 16.3. The predicted octanol–water partition coefficient (Wildman–Crippen LogP) is 2.73. The number of aliphatic hydroxyl groups excluding tert-OH is 1. The zero-order valence-electron chi connectivity index (χ0n) is 13.0. The van der Waals surface area contributed by atoms with Crippen LogP contribution in [-0.2, 0) is 4.79 Å². The Morgan fingerprint density at radius 2 is 1.65 bits per heavy atom. The molecule has 1 amide bonds. The van der Waals surface area contributed by atoms with Crippen molar-refractivity contribution in [2.45, 2.75) is 58.8 Å². The van der Waals surface area contributed by atoms with Crippen LogP contribution < -0.4 is 5.32 Å². The molecule has 4 aliphatic rings. The van der Waals surface area contributed by atoms with Gasteiger partial charge in [-0.05, 0) is 68.1 Å². The van der Waals surface area contributed by atoms with Crippen LogP contribution in [0.5, 0.6) is 0 Å². The summed E-state index contributed by atoms with van der Waals surface area (Å²) < 4.78 is 0. The van der Waals surface area contributed by atoms with Crippen LogP contribution in [-0.4, -0.2) is 24.2 Å². The van der Waals surface area contributed by atoms with E-state index in [2.05, 4.69) is 19.2 Å². The van der Waals surface area contributed by atoms with Gasteiger partial charge in [-0.3, -0.25) is 4.79 Å². The van der Waals surface area contributed by atoms with E-state index in [9.17, 15) is 4.79 Å². The van der Waals surface area contributed by atoms with Gasteiger partial charge in [0.1, 0.15) is 0 Å². The first-order valence-electron chi connectivity index (χ1n) is 8.32. The van der Waals surface area contributed by atoms with E-state index in [0.29, 0.717) is 12.5 Å². The van der Waals surface area contributed by atoms with Crippen molar-refractivity contribution >= 4 is 5.91 Å². The van der Waals surface area contributed by atoms with E-state index < -0.39 is 0 Å². The molecule has 0 aliphatic heterocycles. The Labute approximate surface area is 122 Å². The minimum absolute atomic E-state index is 0.00724. The van der Waals surface area contributed by atoms with Crippen LogP contribution in [0.15, 0.2) is 0 Å². The molecule has 2 N–H and O–H groups in total. The average molecular weight is 279 g/mol. The van der Waals surface area contributed by atoms with Gasteiger partial charge in [-0.1, -0.05) is 13.8 Å². The fourth-order valence-electron chi connectivity index (χ4n) is 5.29. The lowest BCUT2D eigenvalue weighted by Gasteiger charge is -2.55. The lowest BCUT2D eigenvalue weighted by atomic mass is 9.49. The summed E-state index contributed by atoms with van der Waals surface area (Å²) >= 11 is 0. The molecule has 4 fully saturated rings. The molecule has 0 unspecified atom stereocenters. The molecule has 114 valence electrons. The SMILES string of the molecule is CC(C)(CCO)CNC(=O)C12CC3CC(CC(C3)C1)C2. The van der Waals surface area contributed by atoms with Gasteiger partial charge in [0, 0.05) is 18.6 Å². The third kappa shape index (κ3) is 2.61. The predicted molar refractivity (Wildman–Crippen MR) is 79.1 cm³/mol. The first-order valence-corrected chi connectivity index (χ1v) is 8.32. The van der Waals surface area contributed by atoms with Gasteiger partial charge in [-0.25, -0.2) is 0 Å². The third-order valence-corrected chi connectivity index (χ3v) is 6.04. The maximum Gasteiger partial charge on any atom is 0.226 e. The van der Waals surface area contributed by atoms with Gasteiger partial charge in [-0.2, -0.15) is 0 Å². The second-order valence-corrected chi connectivity index (χ2v) is 8.52. The number of rotatable bonds is 5. The van der Waals surface area contributed by atoms with Crippen molar-refractivity contribution in [1.82, 2.24) is 5.32 Å². The number of carbonyl (C=O) groups excluding carboxylic acids is 1. The van der Waals surface area contributed by atoms with Gasteiger partial charge in [0.2, 0.25) is 5.91 Å². The molecule has 0 spiro atoms. The summed E-state index contributed by atoms with van der Waals surface area (Å²) in [6, 6.07) is 0. The van der Waals surface area contributed by atoms with Gasteiger partial charge in [0.25, 0.3) is 0 Å². The maximum atomic E-state index is 12.8. The zero-order chi connectivity index (χ0) is 14.4. The van der Waals surface area contributed by atoms with Crippen molar-refractivity contribution in [3.05, 3.63) is 0 Å². The highest BCUT2D eigenvalue weighted by Gasteiger charge is 2.54. The van der Waals surface area contributed by atoms with Gasteiger partial charge in [0.05, 0.1) is 0 Å². The van der Waals surface area contributed by atoms with Crippen LogP contribution in [0.2, 0.25) is 0 Å². The maximum absolute atomic E-state index is 12.8. The Morgan fingerprint density at radius 1 is 1.15 bits per heavy atom. The van der Waals surface area contributed by atoms with Gasteiger partial charge < -0.3 is 10.4 Å². The molecule has 20 heavy (non-hydrogen) atoms. The highest BCUT2D eigenvalue weighted by molar-refractivity contribution is 5.83. The van der Waals surface area contributed by atoms with Crippen LogP contribution in [0.1, 0.15) is 58.8 Å². The molecule has 3 nitrogen and oxygen atoms in total. The third-order valence-electron chi connectivity index (χ3n) is 6.04. The summed E-state index contributed by atoms with van der Waals surface area (Å²) in [5.41, 5.74) is -0.0449. The molecular weight excluding hydrogens is 250 g/mol. The van der Waals surface area contributed by atoms with Crippen LogP contribution in [0, 0.1) is 28.6 Å². The van der Waals surface area contributed by atoms with Crippen molar-refractivity contribution in [3.8, 4) is 0 Å². The summed E-state index contributed by atoms with van der Waals surface area (Å²) in [4.78, 5) is 12.8. The van der Waals surface area contributed by atoms with E-state index in [1.807, 2.05) is 0 Å². The fraction of sp³-hybridized carbons (Fsp3) is 0.941. The Bertz CT molecular complexity index is 353. The molecule has 0 aromatic carbocycles. The lowest BCUT2D eigenvalue weighted by molar-refractivity contribution is -0.146. The second kappa shape index (κ2) is 5.01. The first-order chi connectivity index (χ1) is 9.42. The molecule has 4 aliphatic carbocycles. The number of amides is 1. The lowest BCUT2D eigenvalue weighted by Crippen LogP contribution is -2.54. The molecule has 4 saturated carbocycles. The Kier molecular flexibility index (Phi) is 3.60. The summed E-state index contributed by atoms with van der Waals surface area (Å²) in [6.45, 7) is 5.11. The van der Waals surface area contributed by atoms with Gasteiger partial charge in [0.15, 0.2) is 0 Å². The van der Waals surface area contributed by atoms with E-state index in [1.54, 1.807) is 0 Å². The molecule has 0 aromatic rings. The molecule has 0 atom stereocenters. The summed E-state index contributed by atoms with van der Waals surface area (Å²) in [5.74, 6) is 2.76. The summed E-state index contributed by atoms with van der Waals surface area (Å²) in [7, 11) is 0. The van der Waals surface area contributed by atoms with Crippen molar-refractivity contribution < 1.29 is 9.90 Å². The number of aliphatic hydroxyl groups is 1. The van der Waals surface area contributed by atoms with E-state index in [1.165, 1.54) is 19.3 Å². The normalized spacial score (nSPS) is 39.0. The highest BCUT2D eigenvalue weighted by Crippen LogP contribution is 2.60. The van der Waals surface area contributed by atoms with Crippen molar-refractivity contribution in [2.24, 2.45) is 28.6 Å². The number of hydrogen-bond donors (Lipinski definition) is 2. The van der Waals surface area contributed by atoms with Crippen molar-refractivity contribution in [1.29, 1.82) is 0 Å². The zero-order valence-corrected chi connectivity index (χ0v) is 13.0. The van der Waals surface area contributed by atoms with Crippen molar-refractivity contribution in [3.63, 3.8) is 0 Å². The minimum atomic E-state index is -0.0377. The number of carbonyl (C=O) groups is 1. The van der Waals surface area contributed by atoms with E-state index in [4.69, 9.17) is 5.11 Å². The fourth-order valence-corrected chi connectivity index (χ4v) is 5.29. The van der Waals surface area contributed by atoms with Gasteiger partial charge in [-0.15, -0.1) is 0 Å². The molecule has 0 heterocycles. The monoisotopic (exact) mass is 279 g/mol. The standard InChI is InChI=1S/C17H29NO2/c1-16(2,3-4-19)11-18-15(20)17-8-12-5-13(9-17)7-14(6-12)10-17/h12-14,19H,3-11H2,1-2H3,(H,18,20). The van der Waals surface area contributed by atoms with Crippen LogP contribution >= 0.6 is 0 Å². The Balaban J connectivity index is 1.62. The van der Waals surface area contributed by atoms with Gasteiger partial charge >= 0.3 is 0 Å². The summed E-state index contributed by atoms with van der Waals surface area (Å²) in [5, 5.41) is 12.3.